The van der Waals surface area contributed by atoms with E-state index in [1.54, 1.807) is 30.3 Å². The normalized spacial score (nSPS) is 12.3. The highest BCUT2D eigenvalue weighted by molar-refractivity contribution is 9.36. The Hall–Kier alpha value is 6.65. The molecule has 2 heterocycles. The van der Waals surface area contributed by atoms with Crippen LogP contribution >= 0.6 is 196 Å². The molecule has 0 bridgehead atoms. The number of hydrogen-bond acceptors (Lipinski definition) is 5. The van der Waals surface area contributed by atoms with Crippen LogP contribution in [0.5, 0.6) is 0 Å². The molecular formula is C19H42Cl3N3O2P20. The molecule has 0 saturated carbocycles. The third-order valence-corrected chi connectivity index (χ3v) is 131. The maximum Gasteiger partial charge on any atom is 0.297 e. The largest absolute Gasteiger partial charge is 0.428 e. The van der Waals surface area contributed by atoms with Crippen LogP contribution in [0.25, 0.3) is 22.2 Å². The molecule has 0 aliphatic carbocycles. The lowest BCUT2D eigenvalue weighted by Crippen LogP contribution is -2.08. The summed E-state index contributed by atoms with van der Waals surface area (Å²) in [7, 11) is 38.5. The summed E-state index contributed by atoms with van der Waals surface area (Å²) in [6.07, 6.45) is 1.25. The topological polar surface area (TPSA) is 55.3 Å². The van der Waals surface area contributed by atoms with E-state index < -0.39 is 0 Å². The van der Waals surface area contributed by atoms with Gasteiger partial charge in [0.2, 0.25) is 0 Å². The molecule has 12 unspecified atom stereocenters. The van der Waals surface area contributed by atoms with Crippen molar-refractivity contribution in [2.24, 2.45) is 0 Å². The number of halogens is 3. The highest BCUT2D eigenvalue weighted by atomic mass is 35.5. The molecule has 0 fully saturated rings. The van der Waals surface area contributed by atoms with Gasteiger partial charge in [-0.1, -0.05) is 43.5 Å². The molecule has 0 spiro atoms. The van der Waals surface area contributed by atoms with Crippen molar-refractivity contribution in [3.05, 3.63) is 51.8 Å². The van der Waals surface area contributed by atoms with Crippen molar-refractivity contribution in [2.45, 2.75) is 20.3 Å². The highest BCUT2D eigenvalue weighted by Gasteiger charge is 2.41. The lowest BCUT2D eigenvalue weighted by molar-refractivity contribution is 0.597. The minimum atomic E-state index is 0.0247. The minimum absolute atomic E-state index is 0.0247. The van der Waals surface area contributed by atoms with Gasteiger partial charge in [-0.3, -0.25) is 0 Å². The molecule has 2 aromatic heterocycles. The fourth-order valence-corrected chi connectivity index (χ4v) is 230. The highest BCUT2D eigenvalue weighted by Crippen LogP contribution is 3.30. The second-order valence-corrected chi connectivity index (χ2v) is 88.7. The van der Waals surface area contributed by atoms with Crippen LogP contribution in [0.15, 0.2) is 45.2 Å². The smallest absolute Gasteiger partial charge is 0.297 e. The number of benzene rings is 2. The van der Waals surface area contributed by atoms with Crippen LogP contribution in [0, 0.1) is 0 Å². The summed E-state index contributed by atoms with van der Waals surface area (Å²) < 4.78 is 10.5. The van der Waals surface area contributed by atoms with Gasteiger partial charge in [-0.2, -0.15) is 9.97 Å². The van der Waals surface area contributed by atoms with Crippen LogP contribution in [-0.4, -0.2) is 24.1 Å². The fourth-order valence-electron chi connectivity index (χ4n) is 2.88. The summed E-state index contributed by atoms with van der Waals surface area (Å²) in [5.41, 5.74) is 2.88. The molecule has 12 atom stereocenters. The average Bonchev–Trinajstić information content (AvgIpc) is 3.54. The summed E-state index contributed by atoms with van der Waals surface area (Å²) in [6.45, 7) is 4.87. The Morgan fingerprint density at radius 1 is 0.596 bits per heavy atom. The number of nitrogens with zero attached hydrogens (tertiary/aromatic N) is 3. The standard InChI is InChI=1S/C9H9ClN2O.C7H3Cl2NO.C3H8.H22P20/c1-12(2)9-11-7-4-3-6(10)5-8(7)13-9;8-4-1-2-5-6(3-4)11-7(9)10-5;1-3-2;1-12(2)17(11)20(18(13(3)4)14(5)6)19(15(7)8)16(9)10/h3-5H,1-2H3;1-3H;3H2,1-2H3;1-11H2. The van der Waals surface area contributed by atoms with Gasteiger partial charge in [-0.15, -0.1) is 98.2 Å². The van der Waals surface area contributed by atoms with Gasteiger partial charge in [-0.05, 0) is 98.8 Å². The lowest BCUT2D eigenvalue weighted by Gasteiger charge is -2.45. The Balaban J connectivity index is 0.000000351. The summed E-state index contributed by atoms with van der Waals surface area (Å²) >= 11 is 17.0. The predicted octanol–water partition coefficient (Wildman–Crippen LogP) is 18.4. The van der Waals surface area contributed by atoms with Crippen molar-refractivity contribution in [2.75, 3.05) is 19.0 Å². The first-order valence-corrected chi connectivity index (χ1v) is 49.4. The van der Waals surface area contributed by atoms with E-state index in [1.165, 1.54) is 6.42 Å². The fraction of sp³-hybridized carbons (Fsp3) is 0.263. The summed E-state index contributed by atoms with van der Waals surface area (Å²) in [5.74, 6) is 0. The van der Waals surface area contributed by atoms with Crippen molar-refractivity contribution >= 4 is 224 Å². The average molecular weight is 1070 g/mol. The van der Waals surface area contributed by atoms with Crippen LogP contribution in [0.1, 0.15) is 20.3 Å². The number of fused-ring (bicyclic) bond motifs is 2. The van der Waals surface area contributed by atoms with E-state index in [1.807, 2.05) is 25.1 Å². The minimum Gasteiger partial charge on any atom is -0.428 e. The molecule has 0 N–H and O–H groups in total. The molecule has 28 heteroatoms. The maximum absolute atomic E-state index is 5.81. The maximum atomic E-state index is 5.81. The molecule has 266 valence electrons. The van der Waals surface area contributed by atoms with Crippen molar-refractivity contribution in [1.82, 2.24) is 9.97 Å². The predicted molar refractivity (Wildman–Crippen MR) is 282 cm³/mol. The quantitative estimate of drug-likeness (QED) is 0.156. The van der Waals surface area contributed by atoms with E-state index in [0.29, 0.717) is 21.6 Å². The van der Waals surface area contributed by atoms with E-state index in [-0.39, 0.29) is 68.2 Å². The number of hydrogen-bond donors (Lipinski definition) is 0. The van der Waals surface area contributed by atoms with E-state index >= 15 is 0 Å². The third kappa shape index (κ3) is 18.8. The SMILES string of the molecule is CCC.CN(C)c1nc2ccc(Cl)cc2o1.Clc1ccc2nc(Cl)oc2c1.PP(P)P(P)P(P(P(P)P)P(P)P)P(P(P)P)P(P)P. The van der Waals surface area contributed by atoms with Crippen molar-refractivity contribution in [1.29, 1.82) is 0 Å². The van der Waals surface area contributed by atoms with Crippen molar-refractivity contribution in [3.63, 3.8) is 0 Å². The molecule has 5 nitrogen and oxygen atoms in total. The molecule has 4 aromatic rings. The number of oxazole rings is 2. The summed E-state index contributed by atoms with van der Waals surface area (Å²) in [5, 5.41) is 1.42. The van der Waals surface area contributed by atoms with Crippen LogP contribution < -0.4 is 4.90 Å². The number of aromatic nitrogens is 2. The Kier molecular flexibility index (Phi) is 30.1. The van der Waals surface area contributed by atoms with Crippen LogP contribution in [0.4, 0.5) is 6.01 Å². The molecule has 2 aromatic carbocycles. The van der Waals surface area contributed by atoms with Gasteiger partial charge in [0.25, 0.3) is 11.4 Å². The van der Waals surface area contributed by atoms with Gasteiger partial charge in [0, 0.05) is 36.3 Å². The van der Waals surface area contributed by atoms with Crippen molar-refractivity contribution < 1.29 is 8.83 Å². The number of anilines is 1. The van der Waals surface area contributed by atoms with Gasteiger partial charge in [0.15, 0.2) is 11.2 Å². The van der Waals surface area contributed by atoms with Crippen molar-refractivity contribution in [3.8, 4) is 0 Å². The van der Waals surface area contributed by atoms with Crippen LogP contribution in [0.3, 0.4) is 0 Å². The van der Waals surface area contributed by atoms with E-state index in [0.717, 1.165) is 16.6 Å². The lowest BCUT2D eigenvalue weighted by atomic mass is 10.3. The Morgan fingerprint density at radius 3 is 1.34 bits per heavy atom. The summed E-state index contributed by atoms with van der Waals surface area (Å²) in [6, 6.07) is 11.2. The van der Waals surface area contributed by atoms with Crippen LogP contribution in [0.2, 0.25) is 15.4 Å². The zero-order valence-corrected chi connectivity index (χ0v) is 48.9. The molecular weight excluding hydrogens is 1030 g/mol. The van der Waals surface area contributed by atoms with Gasteiger partial charge in [0.05, 0.1) is 0 Å². The monoisotopic (exact) mass is 1070 g/mol. The second-order valence-electron chi connectivity index (χ2n) is 8.81. The molecule has 0 aliphatic rings. The van der Waals surface area contributed by atoms with E-state index in [2.05, 4.69) is 122 Å². The zero-order chi connectivity index (χ0) is 36.2. The van der Waals surface area contributed by atoms with Crippen LogP contribution in [-0.2, 0) is 0 Å². The van der Waals surface area contributed by atoms with Gasteiger partial charge in [-0.25, -0.2) is 0 Å². The molecule has 0 aliphatic heterocycles. The first kappa shape index (κ1) is 51.7. The van der Waals surface area contributed by atoms with E-state index in [4.69, 9.17) is 43.6 Å². The Bertz CT molecular complexity index is 1450. The van der Waals surface area contributed by atoms with Gasteiger partial charge >= 0.3 is 0 Å². The van der Waals surface area contributed by atoms with E-state index in [9.17, 15) is 0 Å². The molecule has 0 amide bonds. The molecule has 0 saturated heterocycles. The number of rotatable bonds is 9. The molecule has 4 rings (SSSR count). The Morgan fingerprint density at radius 2 is 0.979 bits per heavy atom. The summed E-state index contributed by atoms with van der Waals surface area (Å²) in [4.78, 5) is 9.96. The Labute approximate surface area is 331 Å². The first-order valence-electron chi connectivity index (χ1n) is 12.7. The second kappa shape index (κ2) is 27.4. The molecule has 47 heavy (non-hydrogen) atoms. The zero-order valence-electron chi connectivity index (χ0n) is 25.8. The molecule has 0 radical (unpaired) electrons. The van der Waals surface area contributed by atoms with Gasteiger partial charge in [0.1, 0.15) is 11.0 Å². The third-order valence-electron chi connectivity index (χ3n) is 4.61. The van der Waals surface area contributed by atoms with Gasteiger partial charge < -0.3 is 13.7 Å². The first-order chi connectivity index (χ1) is 21.9.